The highest BCUT2D eigenvalue weighted by Gasteiger charge is 2.53. The van der Waals surface area contributed by atoms with Gasteiger partial charge in [-0.15, -0.1) is 0 Å². The van der Waals surface area contributed by atoms with Crippen LogP contribution >= 0.6 is 11.8 Å². The number of carbonyl (C=O) groups excluding carboxylic acids is 4. The third-order valence-electron chi connectivity index (χ3n) is 6.34. The molecule has 1 fully saturated rings. The SMILES string of the molecule is CC(=O)OC1C(SC(N)=O)OC(c2ccc(C)c(Cc3ccc4c(c3)OCCO4)c2)C(OC(C)=O)C1OC(C)=O. The van der Waals surface area contributed by atoms with Crippen molar-refractivity contribution in [1.29, 1.82) is 0 Å². The molecule has 5 unspecified atom stereocenters. The van der Waals surface area contributed by atoms with Crippen LogP contribution in [0.15, 0.2) is 36.4 Å². The summed E-state index contributed by atoms with van der Waals surface area (Å²) in [5.41, 5.74) is 7.81. The van der Waals surface area contributed by atoms with E-state index in [9.17, 15) is 19.2 Å². The van der Waals surface area contributed by atoms with Gasteiger partial charge in [0.2, 0.25) is 0 Å². The summed E-state index contributed by atoms with van der Waals surface area (Å²) in [6.45, 7) is 6.48. The lowest BCUT2D eigenvalue weighted by molar-refractivity contribution is -0.233. The Hall–Kier alpha value is -3.77. The molecule has 11 nitrogen and oxygen atoms in total. The highest BCUT2D eigenvalue weighted by molar-refractivity contribution is 8.13. The predicted octanol–water partition coefficient (Wildman–Crippen LogP) is 3.36. The molecule has 2 heterocycles. The van der Waals surface area contributed by atoms with Gasteiger partial charge in [-0.2, -0.15) is 0 Å². The Morgan fingerprint density at radius 2 is 1.48 bits per heavy atom. The van der Waals surface area contributed by atoms with Crippen LogP contribution in [0, 0.1) is 6.92 Å². The summed E-state index contributed by atoms with van der Waals surface area (Å²) in [6.07, 6.45) is -4.19. The van der Waals surface area contributed by atoms with Crippen LogP contribution in [0.5, 0.6) is 11.5 Å². The minimum absolute atomic E-state index is 0.476. The van der Waals surface area contributed by atoms with Crippen molar-refractivity contribution in [2.75, 3.05) is 13.2 Å². The quantitative estimate of drug-likeness (QED) is 0.384. The van der Waals surface area contributed by atoms with Gasteiger partial charge in [0.25, 0.3) is 5.24 Å². The van der Waals surface area contributed by atoms with Crippen molar-refractivity contribution >= 4 is 34.9 Å². The Morgan fingerprint density at radius 3 is 2.12 bits per heavy atom. The number of hydrogen-bond acceptors (Lipinski definition) is 11. The lowest BCUT2D eigenvalue weighted by Crippen LogP contribution is -2.57. The molecule has 0 aliphatic carbocycles. The molecule has 214 valence electrons. The van der Waals surface area contributed by atoms with Crippen LogP contribution in [-0.2, 0) is 39.8 Å². The zero-order valence-electron chi connectivity index (χ0n) is 22.5. The first kappa shape index (κ1) is 29.2. The lowest BCUT2D eigenvalue weighted by Gasteiger charge is -2.44. The number of hydrogen-bond donors (Lipinski definition) is 1. The fraction of sp³-hybridized carbons (Fsp3) is 0.429. The average molecular weight is 574 g/mol. The summed E-state index contributed by atoms with van der Waals surface area (Å²) in [6, 6.07) is 11.3. The molecule has 2 N–H and O–H groups in total. The van der Waals surface area contributed by atoms with Gasteiger partial charge >= 0.3 is 17.9 Å². The third kappa shape index (κ3) is 7.05. The first-order valence-electron chi connectivity index (χ1n) is 12.6. The molecule has 0 saturated carbocycles. The van der Waals surface area contributed by atoms with E-state index in [-0.39, 0.29) is 0 Å². The van der Waals surface area contributed by atoms with E-state index >= 15 is 0 Å². The van der Waals surface area contributed by atoms with Crippen LogP contribution in [0.2, 0.25) is 0 Å². The van der Waals surface area contributed by atoms with E-state index in [1.165, 1.54) is 13.8 Å². The van der Waals surface area contributed by atoms with Crippen molar-refractivity contribution in [3.05, 3.63) is 58.7 Å². The number of amides is 1. The normalized spacial score (nSPS) is 23.6. The van der Waals surface area contributed by atoms with Crippen molar-refractivity contribution in [2.45, 2.75) is 64.0 Å². The van der Waals surface area contributed by atoms with Gasteiger partial charge in [0.05, 0.1) is 0 Å². The molecule has 0 aromatic heterocycles. The largest absolute Gasteiger partial charge is 0.486 e. The number of benzene rings is 2. The predicted molar refractivity (Wildman–Crippen MR) is 143 cm³/mol. The Kier molecular flexibility index (Phi) is 9.21. The van der Waals surface area contributed by atoms with E-state index in [4.69, 9.17) is 34.2 Å². The number of esters is 3. The monoisotopic (exact) mass is 573 g/mol. The number of nitrogens with two attached hydrogens (primary N) is 1. The van der Waals surface area contributed by atoms with Gasteiger partial charge in [-0.1, -0.05) is 24.3 Å². The summed E-state index contributed by atoms with van der Waals surface area (Å²) >= 11 is 0.581. The number of thioether (sulfide) groups is 1. The molecule has 2 aliphatic rings. The minimum Gasteiger partial charge on any atom is -0.486 e. The summed E-state index contributed by atoms with van der Waals surface area (Å²) in [5.74, 6) is -0.710. The van der Waals surface area contributed by atoms with Crippen LogP contribution in [0.3, 0.4) is 0 Å². The summed E-state index contributed by atoms with van der Waals surface area (Å²) in [7, 11) is 0. The van der Waals surface area contributed by atoms with Gasteiger partial charge in [-0.3, -0.25) is 19.2 Å². The molecule has 2 aromatic rings. The molecule has 0 bridgehead atoms. The summed E-state index contributed by atoms with van der Waals surface area (Å²) in [5, 5.41) is -0.795. The van der Waals surface area contributed by atoms with Crippen molar-refractivity contribution in [3.8, 4) is 11.5 Å². The fourth-order valence-corrected chi connectivity index (χ4v) is 5.48. The number of fused-ring (bicyclic) bond motifs is 1. The van der Waals surface area contributed by atoms with Gasteiger partial charge < -0.3 is 34.2 Å². The zero-order chi connectivity index (χ0) is 29.0. The molecule has 2 aromatic carbocycles. The second kappa shape index (κ2) is 12.6. The van der Waals surface area contributed by atoms with Gasteiger partial charge in [0.15, 0.2) is 35.2 Å². The fourth-order valence-electron chi connectivity index (χ4n) is 4.73. The van der Waals surface area contributed by atoms with E-state index < -0.39 is 53.0 Å². The Bertz CT molecular complexity index is 1300. The van der Waals surface area contributed by atoms with Crippen LogP contribution in [0.25, 0.3) is 0 Å². The standard InChI is InChI=1S/C28H31NO10S/c1-14-5-7-19(13-20(14)11-18-6-8-21-22(12-18)35-10-9-34-21)23-24(36-15(2)30)25(37-16(3)31)26(38-17(4)32)27(39-23)40-28(29)33/h5-8,12-13,23-27H,9-11H2,1-4H3,(H2,29,33). The molecule has 5 atom stereocenters. The molecule has 2 aliphatic heterocycles. The van der Waals surface area contributed by atoms with E-state index in [1.807, 2.05) is 37.3 Å². The van der Waals surface area contributed by atoms with Crippen molar-refractivity contribution < 1.29 is 47.6 Å². The first-order valence-corrected chi connectivity index (χ1v) is 13.5. The van der Waals surface area contributed by atoms with E-state index in [1.54, 1.807) is 6.07 Å². The Labute approximate surface area is 235 Å². The van der Waals surface area contributed by atoms with Crippen LogP contribution in [0.4, 0.5) is 4.79 Å². The molecule has 12 heteroatoms. The van der Waals surface area contributed by atoms with Gasteiger partial charge in [-0.05, 0) is 59.5 Å². The molecular formula is C28H31NO10S. The molecule has 0 spiro atoms. The second-order valence-electron chi connectivity index (χ2n) is 9.42. The number of rotatable bonds is 7. The third-order valence-corrected chi connectivity index (χ3v) is 7.18. The van der Waals surface area contributed by atoms with E-state index in [0.29, 0.717) is 48.5 Å². The van der Waals surface area contributed by atoms with E-state index in [0.717, 1.165) is 23.6 Å². The van der Waals surface area contributed by atoms with Crippen molar-refractivity contribution in [3.63, 3.8) is 0 Å². The molecule has 4 rings (SSSR count). The average Bonchev–Trinajstić information content (AvgIpc) is 2.87. The maximum absolute atomic E-state index is 12.2. The molecule has 40 heavy (non-hydrogen) atoms. The van der Waals surface area contributed by atoms with Crippen molar-refractivity contribution in [2.24, 2.45) is 5.73 Å². The minimum atomic E-state index is -1.28. The topological polar surface area (TPSA) is 150 Å². The van der Waals surface area contributed by atoms with Crippen LogP contribution in [0.1, 0.15) is 49.1 Å². The number of aryl methyl sites for hydroxylation is 1. The van der Waals surface area contributed by atoms with E-state index in [2.05, 4.69) is 0 Å². The van der Waals surface area contributed by atoms with Gasteiger partial charge in [0, 0.05) is 20.8 Å². The summed E-state index contributed by atoms with van der Waals surface area (Å²) < 4.78 is 34.1. The Balaban J connectivity index is 1.73. The smallest absolute Gasteiger partial charge is 0.303 e. The molecule has 1 saturated heterocycles. The zero-order valence-corrected chi connectivity index (χ0v) is 23.4. The number of carbonyl (C=O) groups is 4. The van der Waals surface area contributed by atoms with Crippen molar-refractivity contribution in [1.82, 2.24) is 0 Å². The highest BCUT2D eigenvalue weighted by atomic mass is 32.2. The maximum atomic E-state index is 12.2. The number of primary amides is 1. The first-order chi connectivity index (χ1) is 19.0. The highest BCUT2D eigenvalue weighted by Crippen LogP contribution is 2.41. The second-order valence-corrected chi connectivity index (χ2v) is 10.5. The number of ether oxygens (including phenoxy) is 6. The molecule has 1 amide bonds. The Morgan fingerprint density at radius 1 is 0.850 bits per heavy atom. The molecular weight excluding hydrogens is 542 g/mol. The van der Waals surface area contributed by atoms with Crippen LogP contribution in [-0.4, -0.2) is 60.1 Å². The van der Waals surface area contributed by atoms with Crippen LogP contribution < -0.4 is 15.2 Å². The lowest BCUT2D eigenvalue weighted by atomic mass is 9.90. The van der Waals surface area contributed by atoms with Gasteiger partial charge in [0.1, 0.15) is 19.3 Å². The van der Waals surface area contributed by atoms with Gasteiger partial charge in [-0.25, -0.2) is 0 Å². The summed E-state index contributed by atoms with van der Waals surface area (Å²) in [4.78, 5) is 48.1. The maximum Gasteiger partial charge on any atom is 0.303 e. The molecule has 0 radical (unpaired) electrons.